The highest BCUT2D eigenvalue weighted by Gasteiger charge is 2.21. The molecule has 0 aromatic heterocycles. The highest BCUT2D eigenvalue weighted by Crippen LogP contribution is 2.13. The maximum absolute atomic E-state index is 5.67. The summed E-state index contributed by atoms with van der Waals surface area (Å²) in [7, 11) is 1.85. The molecule has 0 saturated carbocycles. The van der Waals surface area contributed by atoms with Crippen molar-refractivity contribution in [2.75, 3.05) is 46.5 Å². The van der Waals surface area contributed by atoms with Gasteiger partial charge in [-0.15, -0.1) is 24.0 Å². The third-order valence-electron chi connectivity index (χ3n) is 3.31. The molecule has 1 aliphatic heterocycles. The van der Waals surface area contributed by atoms with E-state index in [1.807, 2.05) is 14.0 Å². The Hall–Kier alpha value is -0.0800. The Kier molecular flexibility index (Phi) is 12.6. The summed E-state index contributed by atoms with van der Waals surface area (Å²) >= 11 is 0. The molecule has 0 bridgehead atoms. The Bertz CT molecular complexity index is 257. The molecule has 1 heterocycles. The number of guanidine groups is 1. The van der Waals surface area contributed by atoms with Crippen LogP contribution in [0.5, 0.6) is 0 Å². The number of nitrogens with one attached hydrogen (secondary N) is 1. The van der Waals surface area contributed by atoms with Crippen molar-refractivity contribution in [2.24, 2.45) is 4.99 Å². The van der Waals surface area contributed by atoms with Crippen LogP contribution in [0.25, 0.3) is 0 Å². The van der Waals surface area contributed by atoms with Crippen LogP contribution in [0.4, 0.5) is 0 Å². The van der Waals surface area contributed by atoms with E-state index in [9.17, 15) is 0 Å². The number of rotatable bonds is 7. The fourth-order valence-electron chi connectivity index (χ4n) is 2.32. The van der Waals surface area contributed by atoms with E-state index in [1.165, 1.54) is 0 Å². The van der Waals surface area contributed by atoms with Crippen LogP contribution in [-0.2, 0) is 9.47 Å². The molecule has 1 saturated heterocycles. The molecule has 0 amide bonds. The molecule has 120 valence electrons. The van der Waals surface area contributed by atoms with Gasteiger partial charge in [-0.1, -0.05) is 0 Å². The van der Waals surface area contributed by atoms with E-state index in [0.29, 0.717) is 6.10 Å². The van der Waals surface area contributed by atoms with Crippen LogP contribution in [-0.4, -0.2) is 63.5 Å². The zero-order valence-corrected chi connectivity index (χ0v) is 15.4. The zero-order valence-electron chi connectivity index (χ0n) is 13.1. The number of ether oxygens (including phenoxy) is 2. The van der Waals surface area contributed by atoms with Gasteiger partial charge in [0.1, 0.15) is 0 Å². The largest absolute Gasteiger partial charge is 0.382 e. The van der Waals surface area contributed by atoms with E-state index >= 15 is 0 Å². The van der Waals surface area contributed by atoms with Crippen LogP contribution >= 0.6 is 24.0 Å². The van der Waals surface area contributed by atoms with Crippen molar-refractivity contribution in [1.82, 2.24) is 10.2 Å². The monoisotopic (exact) mass is 399 g/mol. The summed E-state index contributed by atoms with van der Waals surface area (Å²) in [5, 5.41) is 3.40. The third kappa shape index (κ3) is 7.64. The fraction of sp³-hybridized carbons (Fsp3) is 0.929. The number of aliphatic imine (C=N–C) groups is 1. The van der Waals surface area contributed by atoms with Crippen LogP contribution in [0, 0.1) is 0 Å². The molecular formula is C14H30IN3O2. The van der Waals surface area contributed by atoms with E-state index in [0.717, 1.165) is 64.7 Å². The fourth-order valence-corrected chi connectivity index (χ4v) is 2.32. The van der Waals surface area contributed by atoms with Crippen LogP contribution in [0.15, 0.2) is 4.99 Å². The first-order valence-electron chi connectivity index (χ1n) is 7.46. The zero-order chi connectivity index (χ0) is 13.9. The lowest BCUT2D eigenvalue weighted by atomic mass is 10.1. The van der Waals surface area contributed by atoms with Crippen LogP contribution in [0.3, 0.4) is 0 Å². The summed E-state index contributed by atoms with van der Waals surface area (Å²) in [6, 6.07) is 0. The first-order valence-corrected chi connectivity index (χ1v) is 7.46. The van der Waals surface area contributed by atoms with Crippen LogP contribution < -0.4 is 5.32 Å². The van der Waals surface area contributed by atoms with Gasteiger partial charge in [0.15, 0.2) is 5.96 Å². The second-order valence-electron chi connectivity index (χ2n) is 4.67. The third-order valence-corrected chi connectivity index (χ3v) is 3.31. The molecule has 0 aromatic rings. The van der Waals surface area contributed by atoms with Gasteiger partial charge < -0.3 is 19.7 Å². The molecule has 0 aliphatic carbocycles. The summed E-state index contributed by atoms with van der Waals surface area (Å²) in [5.74, 6) is 1.01. The number of piperidine rings is 1. The molecule has 1 fully saturated rings. The topological polar surface area (TPSA) is 46.1 Å². The minimum atomic E-state index is 0. The maximum Gasteiger partial charge on any atom is 0.193 e. The number of likely N-dealkylation sites (tertiary alicyclic amines) is 1. The van der Waals surface area contributed by atoms with Gasteiger partial charge in [-0.3, -0.25) is 4.99 Å². The van der Waals surface area contributed by atoms with Crippen molar-refractivity contribution >= 4 is 29.9 Å². The number of nitrogens with zero attached hydrogens (tertiary/aromatic N) is 2. The molecule has 0 radical (unpaired) electrons. The molecule has 0 aromatic carbocycles. The first-order chi connectivity index (χ1) is 9.31. The average Bonchev–Trinajstić information content (AvgIpc) is 2.44. The molecule has 1 N–H and O–H groups in total. The Labute approximate surface area is 140 Å². The van der Waals surface area contributed by atoms with Gasteiger partial charge in [0.25, 0.3) is 0 Å². The van der Waals surface area contributed by atoms with Gasteiger partial charge in [-0.2, -0.15) is 0 Å². The number of halogens is 1. The average molecular weight is 399 g/mol. The molecule has 5 nitrogen and oxygen atoms in total. The Morgan fingerprint density at radius 1 is 1.25 bits per heavy atom. The van der Waals surface area contributed by atoms with Gasteiger partial charge in [-0.25, -0.2) is 0 Å². The van der Waals surface area contributed by atoms with E-state index in [1.54, 1.807) is 0 Å². The van der Waals surface area contributed by atoms with E-state index in [-0.39, 0.29) is 24.0 Å². The van der Waals surface area contributed by atoms with Gasteiger partial charge in [-0.05, 0) is 33.1 Å². The predicted molar refractivity (Wildman–Crippen MR) is 94.1 cm³/mol. The standard InChI is InChI=1S/C14H29N3O2.HI/c1-4-18-12-6-9-16-14(15-3)17-10-7-13(8-11-17)19-5-2;/h13H,4-12H2,1-3H3,(H,15,16);1H. The minimum Gasteiger partial charge on any atom is -0.382 e. The Morgan fingerprint density at radius 2 is 1.95 bits per heavy atom. The van der Waals surface area contributed by atoms with Gasteiger partial charge in [0, 0.05) is 46.5 Å². The molecule has 0 spiro atoms. The Morgan fingerprint density at radius 3 is 2.50 bits per heavy atom. The van der Waals surface area contributed by atoms with Crippen molar-refractivity contribution in [3.8, 4) is 0 Å². The van der Waals surface area contributed by atoms with Crippen molar-refractivity contribution < 1.29 is 9.47 Å². The molecular weight excluding hydrogens is 369 g/mol. The molecule has 0 unspecified atom stereocenters. The van der Waals surface area contributed by atoms with Crippen LogP contribution in [0.2, 0.25) is 0 Å². The Balaban J connectivity index is 0.00000361. The summed E-state index contributed by atoms with van der Waals surface area (Å²) in [6.07, 6.45) is 3.63. The molecule has 20 heavy (non-hydrogen) atoms. The lowest BCUT2D eigenvalue weighted by Crippen LogP contribution is -2.47. The lowest BCUT2D eigenvalue weighted by molar-refractivity contribution is 0.0263. The highest BCUT2D eigenvalue weighted by atomic mass is 127. The normalized spacial score (nSPS) is 16.9. The number of hydrogen-bond acceptors (Lipinski definition) is 3. The smallest absolute Gasteiger partial charge is 0.193 e. The minimum absolute atomic E-state index is 0. The van der Waals surface area contributed by atoms with Crippen molar-refractivity contribution in [3.05, 3.63) is 0 Å². The van der Waals surface area contributed by atoms with Gasteiger partial charge >= 0.3 is 0 Å². The lowest BCUT2D eigenvalue weighted by Gasteiger charge is -2.34. The van der Waals surface area contributed by atoms with Crippen molar-refractivity contribution in [1.29, 1.82) is 0 Å². The van der Waals surface area contributed by atoms with Gasteiger partial charge in [0.2, 0.25) is 0 Å². The summed E-state index contributed by atoms with van der Waals surface area (Å²) < 4.78 is 11.0. The first kappa shape index (κ1) is 19.9. The molecule has 1 aliphatic rings. The second-order valence-corrected chi connectivity index (χ2v) is 4.67. The van der Waals surface area contributed by atoms with E-state index in [4.69, 9.17) is 9.47 Å². The van der Waals surface area contributed by atoms with Crippen LogP contribution in [0.1, 0.15) is 33.1 Å². The van der Waals surface area contributed by atoms with E-state index in [2.05, 4.69) is 22.1 Å². The van der Waals surface area contributed by atoms with Crippen molar-refractivity contribution in [2.45, 2.75) is 39.2 Å². The summed E-state index contributed by atoms with van der Waals surface area (Å²) in [6.45, 7) is 9.46. The molecule has 0 atom stereocenters. The molecule has 1 rings (SSSR count). The molecule has 6 heteroatoms. The highest BCUT2D eigenvalue weighted by molar-refractivity contribution is 14.0. The SMILES string of the molecule is CCOCCCNC(=NC)N1CCC(OCC)CC1.I. The van der Waals surface area contributed by atoms with Crippen molar-refractivity contribution in [3.63, 3.8) is 0 Å². The second kappa shape index (κ2) is 12.6. The van der Waals surface area contributed by atoms with Gasteiger partial charge in [0.05, 0.1) is 6.10 Å². The number of hydrogen-bond donors (Lipinski definition) is 1. The summed E-state index contributed by atoms with van der Waals surface area (Å²) in [5.41, 5.74) is 0. The van der Waals surface area contributed by atoms with E-state index < -0.39 is 0 Å². The predicted octanol–water partition coefficient (Wildman–Crippen LogP) is 2.11. The maximum atomic E-state index is 5.67. The summed E-state index contributed by atoms with van der Waals surface area (Å²) in [4.78, 5) is 6.67. The quantitative estimate of drug-likeness (QED) is 0.308.